The summed E-state index contributed by atoms with van der Waals surface area (Å²) in [5.41, 5.74) is 2.19. The smallest absolute Gasteiger partial charge is 0.247 e. The van der Waals surface area contributed by atoms with Gasteiger partial charge in [-0.3, -0.25) is 4.90 Å². The van der Waals surface area contributed by atoms with Gasteiger partial charge >= 0.3 is 0 Å². The maximum absolute atomic E-state index is 5.91. The molecule has 1 saturated heterocycles. The normalized spacial score (nSPS) is 21.4. The van der Waals surface area contributed by atoms with E-state index in [1.165, 1.54) is 18.4 Å². The van der Waals surface area contributed by atoms with Gasteiger partial charge in [0.2, 0.25) is 11.8 Å². The molecule has 2 aromatic rings. The fourth-order valence-electron chi connectivity index (χ4n) is 3.03. The fourth-order valence-corrected chi connectivity index (χ4v) is 3.03. The van der Waals surface area contributed by atoms with Crippen LogP contribution < -0.4 is 0 Å². The number of nitrogens with zero attached hydrogens (tertiary/aromatic N) is 3. The Labute approximate surface area is 126 Å². The van der Waals surface area contributed by atoms with Crippen LogP contribution in [-0.2, 0) is 0 Å². The highest BCUT2D eigenvalue weighted by atomic mass is 16.4. The predicted octanol–water partition coefficient (Wildman–Crippen LogP) is 3.84. The van der Waals surface area contributed by atoms with E-state index in [2.05, 4.69) is 48.0 Å². The second-order valence-corrected chi connectivity index (χ2v) is 6.23. The Hall–Kier alpha value is -1.68. The average Bonchev–Trinajstić information content (AvgIpc) is 2.96. The number of benzene rings is 1. The van der Waals surface area contributed by atoms with Crippen molar-refractivity contribution in [3.05, 3.63) is 35.7 Å². The second-order valence-electron chi connectivity index (χ2n) is 6.23. The minimum atomic E-state index is 0.193. The quantitative estimate of drug-likeness (QED) is 0.859. The van der Waals surface area contributed by atoms with Gasteiger partial charge in [-0.2, -0.15) is 0 Å². The molecule has 0 radical (unpaired) electrons. The van der Waals surface area contributed by atoms with Crippen LogP contribution in [0.25, 0.3) is 11.5 Å². The molecule has 112 valence electrons. The van der Waals surface area contributed by atoms with Crippen molar-refractivity contribution < 1.29 is 4.42 Å². The highest BCUT2D eigenvalue weighted by molar-refractivity contribution is 5.53. The average molecular weight is 285 g/mol. The van der Waals surface area contributed by atoms with Crippen LogP contribution in [0.15, 0.2) is 28.7 Å². The Balaban J connectivity index is 1.78. The van der Waals surface area contributed by atoms with E-state index < -0.39 is 0 Å². The van der Waals surface area contributed by atoms with E-state index >= 15 is 0 Å². The first-order valence-corrected chi connectivity index (χ1v) is 7.78. The van der Waals surface area contributed by atoms with E-state index in [0.29, 0.717) is 5.89 Å². The van der Waals surface area contributed by atoms with Crippen molar-refractivity contribution in [3.8, 4) is 11.5 Å². The first-order chi connectivity index (χ1) is 10.1. The van der Waals surface area contributed by atoms with Crippen LogP contribution in [-0.4, -0.2) is 28.2 Å². The largest absolute Gasteiger partial charge is 0.419 e. The highest BCUT2D eigenvalue weighted by Crippen LogP contribution is 2.27. The number of piperidine rings is 1. The third-order valence-electron chi connectivity index (χ3n) is 4.30. The molecule has 0 bridgehead atoms. The maximum Gasteiger partial charge on any atom is 0.247 e. The van der Waals surface area contributed by atoms with Gasteiger partial charge in [-0.15, -0.1) is 10.2 Å². The summed E-state index contributed by atoms with van der Waals surface area (Å²) in [6.07, 6.45) is 2.58. The van der Waals surface area contributed by atoms with E-state index in [1.807, 2.05) is 12.1 Å². The fraction of sp³-hybridized carbons (Fsp3) is 0.529. The van der Waals surface area contributed by atoms with Crippen molar-refractivity contribution in [2.24, 2.45) is 5.92 Å². The van der Waals surface area contributed by atoms with Crippen molar-refractivity contribution in [1.82, 2.24) is 15.1 Å². The second kappa shape index (κ2) is 5.98. The summed E-state index contributed by atoms with van der Waals surface area (Å²) in [6.45, 7) is 8.77. The Kier molecular flexibility index (Phi) is 4.06. The predicted molar refractivity (Wildman–Crippen MR) is 82.9 cm³/mol. The van der Waals surface area contributed by atoms with E-state index in [1.54, 1.807) is 0 Å². The Morgan fingerprint density at radius 3 is 2.95 bits per heavy atom. The van der Waals surface area contributed by atoms with Crippen LogP contribution in [0.1, 0.15) is 44.2 Å². The summed E-state index contributed by atoms with van der Waals surface area (Å²) >= 11 is 0. The standard InChI is InChI=1S/C17H23N3O/c1-12-6-4-8-15(10-12)17-19-18-16(21-17)14(3)20-9-5-7-13(2)11-20/h4,6,8,10,13-14H,5,7,9,11H2,1-3H3. The van der Waals surface area contributed by atoms with Crippen LogP contribution in [0.4, 0.5) is 0 Å². The molecule has 0 aliphatic carbocycles. The minimum Gasteiger partial charge on any atom is -0.419 e. The zero-order valence-corrected chi connectivity index (χ0v) is 13.0. The number of likely N-dealkylation sites (tertiary alicyclic amines) is 1. The lowest BCUT2D eigenvalue weighted by Crippen LogP contribution is -2.36. The molecular formula is C17H23N3O. The zero-order chi connectivity index (χ0) is 14.8. The molecular weight excluding hydrogens is 262 g/mol. The van der Waals surface area contributed by atoms with Gasteiger partial charge in [0, 0.05) is 12.1 Å². The van der Waals surface area contributed by atoms with Gasteiger partial charge < -0.3 is 4.42 Å². The third-order valence-corrected chi connectivity index (χ3v) is 4.30. The van der Waals surface area contributed by atoms with Crippen molar-refractivity contribution in [3.63, 3.8) is 0 Å². The molecule has 1 aromatic heterocycles. The summed E-state index contributed by atoms with van der Waals surface area (Å²) < 4.78 is 5.91. The molecule has 4 heteroatoms. The summed E-state index contributed by atoms with van der Waals surface area (Å²) in [7, 11) is 0. The van der Waals surface area contributed by atoms with E-state index in [-0.39, 0.29) is 6.04 Å². The minimum absolute atomic E-state index is 0.193. The van der Waals surface area contributed by atoms with E-state index in [0.717, 1.165) is 30.5 Å². The lowest BCUT2D eigenvalue weighted by molar-refractivity contribution is 0.122. The molecule has 4 nitrogen and oxygen atoms in total. The molecule has 0 amide bonds. The Morgan fingerprint density at radius 1 is 1.33 bits per heavy atom. The van der Waals surface area contributed by atoms with Gasteiger partial charge in [-0.05, 0) is 51.3 Å². The topological polar surface area (TPSA) is 42.2 Å². The van der Waals surface area contributed by atoms with Gasteiger partial charge in [0.25, 0.3) is 0 Å². The van der Waals surface area contributed by atoms with E-state index in [4.69, 9.17) is 4.42 Å². The number of hydrogen-bond donors (Lipinski definition) is 0. The van der Waals surface area contributed by atoms with Crippen molar-refractivity contribution in [2.75, 3.05) is 13.1 Å². The molecule has 0 N–H and O–H groups in total. The van der Waals surface area contributed by atoms with Crippen LogP contribution in [0.3, 0.4) is 0 Å². The molecule has 2 heterocycles. The summed E-state index contributed by atoms with van der Waals surface area (Å²) in [6, 6.07) is 8.37. The van der Waals surface area contributed by atoms with Gasteiger partial charge in [-0.25, -0.2) is 0 Å². The first kappa shape index (κ1) is 14.3. The van der Waals surface area contributed by atoms with Crippen LogP contribution in [0, 0.1) is 12.8 Å². The molecule has 0 saturated carbocycles. The molecule has 1 aliphatic heterocycles. The summed E-state index contributed by atoms with van der Waals surface area (Å²) in [5, 5.41) is 8.48. The lowest BCUT2D eigenvalue weighted by atomic mass is 9.99. The van der Waals surface area contributed by atoms with E-state index in [9.17, 15) is 0 Å². The maximum atomic E-state index is 5.91. The molecule has 1 aliphatic rings. The number of hydrogen-bond acceptors (Lipinski definition) is 4. The third kappa shape index (κ3) is 3.16. The lowest BCUT2D eigenvalue weighted by Gasteiger charge is -2.33. The van der Waals surface area contributed by atoms with Gasteiger partial charge in [0.15, 0.2) is 0 Å². The Bertz CT molecular complexity index is 608. The van der Waals surface area contributed by atoms with Crippen LogP contribution >= 0.6 is 0 Å². The van der Waals surface area contributed by atoms with Gasteiger partial charge in [0.05, 0.1) is 6.04 Å². The summed E-state index contributed by atoms with van der Waals surface area (Å²) in [5.74, 6) is 2.09. The van der Waals surface area contributed by atoms with Crippen molar-refractivity contribution >= 4 is 0 Å². The van der Waals surface area contributed by atoms with Gasteiger partial charge in [-0.1, -0.05) is 24.6 Å². The first-order valence-electron chi connectivity index (χ1n) is 7.78. The van der Waals surface area contributed by atoms with Crippen molar-refractivity contribution in [2.45, 2.75) is 39.7 Å². The zero-order valence-electron chi connectivity index (χ0n) is 13.0. The van der Waals surface area contributed by atoms with Crippen molar-refractivity contribution in [1.29, 1.82) is 0 Å². The summed E-state index contributed by atoms with van der Waals surface area (Å²) in [4.78, 5) is 2.45. The molecule has 21 heavy (non-hydrogen) atoms. The molecule has 2 atom stereocenters. The highest BCUT2D eigenvalue weighted by Gasteiger charge is 2.25. The number of rotatable bonds is 3. The van der Waals surface area contributed by atoms with Gasteiger partial charge in [0.1, 0.15) is 0 Å². The number of aryl methyl sites for hydroxylation is 1. The molecule has 2 unspecified atom stereocenters. The molecule has 1 fully saturated rings. The number of aromatic nitrogens is 2. The van der Waals surface area contributed by atoms with Crippen LogP contribution in [0.5, 0.6) is 0 Å². The molecule has 1 aromatic carbocycles. The SMILES string of the molecule is Cc1cccc(-c2nnc(C(C)N3CCCC(C)C3)o2)c1. The monoisotopic (exact) mass is 285 g/mol. The molecule has 3 rings (SSSR count). The van der Waals surface area contributed by atoms with Crippen LogP contribution in [0.2, 0.25) is 0 Å². The molecule has 0 spiro atoms. The Morgan fingerprint density at radius 2 is 2.19 bits per heavy atom.